The molecule has 0 saturated carbocycles. The summed E-state index contributed by atoms with van der Waals surface area (Å²) >= 11 is 5.80. The van der Waals surface area contributed by atoms with Crippen LogP contribution in [0.1, 0.15) is 30.6 Å². The second kappa shape index (κ2) is 8.76. The van der Waals surface area contributed by atoms with Crippen LogP contribution in [0.3, 0.4) is 0 Å². The minimum absolute atomic E-state index is 0.106. The molecule has 4 nitrogen and oxygen atoms in total. The van der Waals surface area contributed by atoms with Gasteiger partial charge in [-0.15, -0.1) is 0 Å². The molecule has 0 spiro atoms. The van der Waals surface area contributed by atoms with Crippen molar-refractivity contribution in [2.24, 2.45) is 5.92 Å². The van der Waals surface area contributed by atoms with E-state index in [0.717, 1.165) is 12.1 Å². The Morgan fingerprint density at radius 2 is 1.73 bits per heavy atom. The lowest BCUT2D eigenvalue weighted by Crippen LogP contribution is -2.44. The first-order chi connectivity index (χ1) is 12.3. The van der Waals surface area contributed by atoms with Crippen molar-refractivity contribution >= 4 is 29.1 Å². The summed E-state index contributed by atoms with van der Waals surface area (Å²) in [5.74, 6) is -2.54. The first-order valence-electron chi connectivity index (χ1n) is 8.08. The fourth-order valence-electron chi connectivity index (χ4n) is 2.36. The largest absolute Gasteiger partial charge is 0.340 e. The Labute approximate surface area is 155 Å². The van der Waals surface area contributed by atoms with Crippen LogP contribution in [0.15, 0.2) is 42.5 Å². The summed E-state index contributed by atoms with van der Waals surface area (Å²) < 4.78 is 26.7. The molecule has 138 valence electrons. The van der Waals surface area contributed by atoms with Crippen molar-refractivity contribution in [2.45, 2.75) is 26.3 Å². The molecule has 2 amide bonds. The van der Waals surface area contributed by atoms with Crippen LogP contribution in [-0.4, -0.2) is 17.9 Å². The van der Waals surface area contributed by atoms with Crippen molar-refractivity contribution in [3.8, 4) is 0 Å². The number of hydrogen-bond acceptors (Lipinski definition) is 2. The van der Waals surface area contributed by atoms with Crippen molar-refractivity contribution in [3.05, 3.63) is 64.7 Å². The van der Waals surface area contributed by atoms with Gasteiger partial charge in [0.25, 0.3) is 5.91 Å². The number of halogens is 3. The van der Waals surface area contributed by atoms with Crippen molar-refractivity contribution in [3.63, 3.8) is 0 Å². The van der Waals surface area contributed by atoms with Gasteiger partial charge in [0.05, 0.1) is 5.69 Å². The highest BCUT2D eigenvalue weighted by atomic mass is 35.5. The number of carbonyl (C=O) groups is 2. The first kappa shape index (κ1) is 19.8. The number of carbonyl (C=O) groups excluding carboxylic acids is 2. The molecule has 0 aliphatic heterocycles. The van der Waals surface area contributed by atoms with Gasteiger partial charge in [0.2, 0.25) is 5.91 Å². The molecular formula is C19H19ClF2N2O2. The van der Waals surface area contributed by atoms with Gasteiger partial charge >= 0.3 is 0 Å². The van der Waals surface area contributed by atoms with Crippen molar-refractivity contribution < 1.29 is 18.4 Å². The van der Waals surface area contributed by atoms with E-state index >= 15 is 0 Å². The van der Waals surface area contributed by atoms with E-state index < -0.39 is 29.5 Å². The normalized spacial score (nSPS) is 11.9. The summed E-state index contributed by atoms with van der Waals surface area (Å²) in [5, 5.41) is 5.53. The lowest BCUT2D eigenvalue weighted by atomic mass is 10.0. The maximum absolute atomic E-state index is 13.7. The van der Waals surface area contributed by atoms with E-state index in [0.29, 0.717) is 23.1 Å². The van der Waals surface area contributed by atoms with Crippen LogP contribution in [0.5, 0.6) is 0 Å². The predicted molar refractivity (Wildman–Crippen MR) is 97.1 cm³/mol. The highest BCUT2D eigenvalue weighted by molar-refractivity contribution is 6.30. The van der Waals surface area contributed by atoms with E-state index in [-0.39, 0.29) is 11.6 Å². The van der Waals surface area contributed by atoms with E-state index in [4.69, 9.17) is 11.6 Å². The molecule has 0 aliphatic rings. The van der Waals surface area contributed by atoms with E-state index in [9.17, 15) is 18.4 Å². The molecule has 0 saturated heterocycles. The van der Waals surface area contributed by atoms with E-state index in [1.54, 1.807) is 24.3 Å². The number of nitrogens with one attached hydrogen (secondary N) is 2. The quantitative estimate of drug-likeness (QED) is 0.780. The first-order valence-corrected chi connectivity index (χ1v) is 8.46. The highest BCUT2D eigenvalue weighted by Crippen LogP contribution is 2.17. The Morgan fingerprint density at radius 3 is 2.31 bits per heavy atom. The van der Waals surface area contributed by atoms with Gasteiger partial charge in [-0.2, -0.15) is 0 Å². The molecule has 2 N–H and O–H groups in total. The van der Waals surface area contributed by atoms with Gasteiger partial charge in [-0.05, 0) is 48.7 Å². The molecule has 0 radical (unpaired) electrons. The van der Waals surface area contributed by atoms with Crippen LogP contribution < -0.4 is 10.6 Å². The monoisotopic (exact) mass is 380 g/mol. The number of rotatable bonds is 6. The van der Waals surface area contributed by atoms with Crippen LogP contribution in [0.25, 0.3) is 0 Å². The lowest BCUT2D eigenvalue weighted by molar-refractivity contribution is -0.118. The SMILES string of the molecule is CC(C)C[C@@H](NC(=O)c1ccc(Cl)cc1)C(=O)Nc1ccc(F)cc1F. The topological polar surface area (TPSA) is 58.2 Å². The average Bonchev–Trinajstić information content (AvgIpc) is 2.56. The van der Waals surface area contributed by atoms with Gasteiger partial charge < -0.3 is 10.6 Å². The van der Waals surface area contributed by atoms with Crippen LogP contribution >= 0.6 is 11.6 Å². The number of anilines is 1. The van der Waals surface area contributed by atoms with Crippen molar-refractivity contribution in [2.75, 3.05) is 5.32 Å². The van der Waals surface area contributed by atoms with Crippen molar-refractivity contribution in [1.29, 1.82) is 0 Å². The van der Waals surface area contributed by atoms with E-state index in [1.807, 2.05) is 13.8 Å². The molecule has 0 aromatic heterocycles. The Bertz CT molecular complexity index is 795. The van der Waals surface area contributed by atoms with Crippen LogP contribution in [0.2, 0.25) is 5.02 Å². The average molecular weight is 381 g/mol. The maximum Gasteiger partial charge on any atom is 0.251 e. The Kier molecular flexibility index (Phi) is 6.69. The van der Waals surface area contributed by atoms with Crippen LogP contribution in [-0.2, 0) is 4.79 Å². The van der Waals surface area contributed by atoms with E-state index in [1.165, 1.54) is 0 Å². The molecule has 0 aliphatic carbocycles. The Morgan fingerprint density at radius 1 is 1.08 bits per heavy atom. The van der Waals surface area contributed by atoms with Crippen molar-refractivity contribution in [1.82, 2.24) is 5.32 Å². The van der Waals surface area contributed by atoms with Crippen LogP contribution in [0, 0.1) is 17.6 Å². The molecule has 0 bridgehead atoms. The Balaban J connectivity index is 2.13. The fraction of sp³-hybridized carbons (Fsp3) is 0.263. The van der Waals surface area contributed by atoms with Gasteiger partial charge in [0, 0.05) is 16.7 Å². The second-order valence-electron chi connectivity index (χ2n) is 6.28. The molecule has 7 heteroatoms. The Hall–Kier alpha value is -2.47. The third kappa shape index (κ3) is 5.52. The summed E-state index contributed by atoms with van der Waals surface area (Å²) in [6.07, 6.45) is 0.355. The minimum atomic E-state index is -0.884. The smallest absolute Gasteiger partial charge is 0.251 e. The summed E-state index contributed by atoms with van der Waals surface area (Å²) in [6.45, 7) is 3.79. The molecule has 0 fully saturated rings. The van der Waals surface area contributed by atoms with Gasteiger partial charge in [0.15, 0.2) is 0 Å². The molecule has 26 heavy (non-hydrogen) atoms. The molecule has 2 aromatic carbocycles. The summed E-state index contributed by atoms with van der Waals surface area (Å²) in [7, 11) is 0. The van der Waals surface area contributed by atoms with Gasteiger partial charge in [-0.25, -0.2) is 8.78 Å². The predicted octanol–water partition coefficient (Wildman–Crippen LogP) is 4.40. The summed E-state index contributed by atoms with van der Waals surface area (Å²) in [4.78, 5) is 24.9. The van der Waals surface area contributed by atoms with Crippen LogP contribution in [0.4, 0.5) is 14.5 Å². The van der Waals surface area contributed by atoms with Gasteiger partial charge in [-0.1, -0.05) is 25.4 Å². The molecule has 2 aromatic rings. The molecule has 2 rings (SSSR count). The highest BCUT2D eigenvalue weighted by Gasteiger charge is 2.23. The zero-order chi connectivity index (χ0) is 19.3. The molecular weight excluding hydrogens is 362 g/mol. The maximum atomic E-state index is 13.7. The second-order valence-corrected chi connectivity index (χ2v) is 6.71. The fourth-order valence-corrected chi connectivity index (χ4v) is 2.48. The lowest BCUT2D eigenvalue weighted by Gasteiger charge is -2.20. The zero-order valence-corrected chi connectivity index (χ0v) is 15.1. The molecule has 0 heterocycles. The van der Waals surface area contributed by atoms with Gasteiger partial charge in [0.1, 0.15) is 17.7 Å². The molecule has 1 atom stereocenters. The third-order valence-electron chi connectivity index (χ3n) is 3.62. The van der Waals surface area contributed by atoms with Gasteiger partial charge in [-0.3, -0.25) is 9.59 Å². The zero-order valence-electron chi connectivity index (χ0n) is 14.4. The number of benzene rings is 2. The third-order valence-corrected chi connectivity index (χ3v) is 3.88. The number of hydrogen-bond donors (Lipinski definition) is 2. The number of amides is 2. The minimum Gasteiger partial charge on any atom is -0.340 e. The standard InChI is InChI=1S/C19H19ClF2N2O2/c1-11(2)9-17(24-18(25)12-3-5-13(20)6-4-12)19(26)23-16-8-7-14(21)10-15(16)22/h3-8,10-11,17H,9H2,1-2H3,(H,23,26)(H,24,25)/t17-/m1/s1. The molecule has 0 unspecified atom stereocenters. The van der Waals surface area contributed by atoms with E-state index in [2.05, 4.69) is 10.6 Å². The summed E-state index contributed by atoms with van der Waals surface area (Å²) in [5.41, 5.74) is 0.204. The summed E-state index contributed by atoms with van der Waals surface area (Å²) in [6, 6.07) is 8.22.